The van der Waals surface area contributed by atoms with Crippen molar-refractivity contribution >= 4 is 57.4 Å². The molecular weight excluding hydrogens is 462 g/mol. The van der Waals surface area contributed by atoms with Gasteiger partial charge in [0.15, 0.2) is 0 Å². The van der Waals surface area contributed by atoms with Gasteiger partial charge in [0.1, 0.15) is 0 Å². The van der Waals surface area contributed by atoms with Gasteiger partial charge in [-0.1, -0.05) is 0 Å². The molecule has 0 atom stereocenters. The van der Waals surface area contributed by atoms with E-state index in [1.54, 1.807) is 24.3 Å². The molecule has 0 aliphatic carbocycles. The lowest BCUT2D eigenvalue weighted by molar-refractivity contribution is 0.0695. The summed E-state index contributed by atoms with van der Waals surface area (Å²) in [7, 11) is 0. The Kier molecular flexibility index (Phi) is 4.33. The molecule has 2 aliphatic rings. The normalized spacial score (nSPS) is 14.6. The number of hydrogen-bond donors (Lipinski definition) is 2. The van der Waals surface area contributed by atoms with Gasteiger partial charge in [0.2, 0.25) is 0 Å². The molecule has 4 aromatic rings. The average molecular weight is 477 g/mol. The van der Waals surface area contributed by atoms with E-state index in [0.717, 1.165) is 9.80 Å². The van der Waals surface area contributed by atoms with Crippen LogP contribution in [0.1, 0.15) is 51.8 Å². The molecule has 36 heavy (non-hydrogen) atoms. The lowest BCUT2D eigenvalue weighted by Crippen LogP contribution is -2.43. The number of aromatic carboxylic acids is 1. The van der Waals surface area contributed by atoms with Gasteiger partial charge in [-0.25, -0.2) is 14.6 Å². The van der Waals surface area contributed by atoms with Crippen molar-refractivity contribution in [1.82, 2.24) is 0 Å². The molecule has 2 aliphatic heterocycles. The second-order valence-electron chi connectivity index (χ2n) is 8.41. The number of amides is 4. The van der Waals surface area contributed by atoms with E-state index in [1.165, 1.54) is 48.5 Å². The van der Waals surface area contributed by atoms with Crippen LogP contribution in [0.4, 0.5) is 17.1 Å². The quantitative estimate of drug-likeness (QED) is 0.339. The van der Waals surface area contributed by atoms with Crippen LogP contribution in [0.2, 0.25) is 0 Å². The van der Waals surface area contributed by atoms with E-state index in [-0.39, 0.29) is 44.3 Å². The molecule has 6 rings (SSSR count). The minimum atomic E-state index is -1.13. The molecule has 4 amide bonds. The molecule has 4 aromatic carbocycles. The van der Waals surface area contributed by atoms with Crippen LogP contribution in [0, 0.1) is 0 Å². The number of nitrogens with zero attached hydrogens (tertiary/aromatic N) is 2. The van der Waals surface area contributed by atoms with Gasteiger partial charge in [-0.15, -0.1) is 0 Å². The number of carboxylic acids is 1. The number of nitrogens with two attached hydrogens (primary N) is 1. The molecule has 174 valence electrons. The highest BCUT2D eigenvalue weighted by Gasteiger charge is 2.40. The summed E-state index contributed by atoms with van der Waals surface area (Å²) in [6.45, 7) is 0. The number of hydrogen-bond acceptors (Lipinski definition) is 6. The van der Waals surface area contributed by atoms with E-state index in [4.69, 9.17) is 10.8 Å². The van der Waals surface area contributed by atoms with E-state index in [9.17, 15) is 24.0 Å². The van der Waals surface area contributed by atoms with Crippen molar-refractivity contribution in [2.45, 2.75) is 0 Å². The Bertz CT molecular complexity index is 1620. The SMILES string of the molecule is Nc1ccc(N2C(=O)c3ccc4c5c(ccc(c35)C2=O)C(=O)N(c2ccc(C(=O)O)cc2)C4=O)cc1. The summed E-state index contributed by atoms with van der Waals surface area (Å²) < 4.78 is 0. The van der Waals surface area contributed by atoms with Gasteiger partial charge in [-0.3, -0.25) is 19.2 Å². The number of benzene rings is 4. The fourth-order valence-corrected chi connectivity index (χ4v) is 4.72. The van der Waals surface area contributed by atoms with Gasteiger partial charge in [0.05, 0.1) is 16.9 Å². The third-order valence-corrected chi connectivity index (χ3v) is 6.42. The highest BCUT2D eigenvalue weighted by atomic mass is 16.4. The molecule has 0 spiro atoms. The van der Waals surface area contributed by atoms with Crippen LogP contribution < -0.4 is 15.5 Å². The zero-order valence-corrected chi connectivity index (χ0v) is 18.4. The van der Waals surface area contributed by atoms with Crippen LogP contribution in [-0.2, 0) is 0 Å². The van der Waals surface area contributed by atoms with Crippen molar-refractivity contribution in [3.63, 3.8) is 0 Å². The second-order valence-corrected chi connectivity index (χ2v) is 8.41. The first-order valence-electron chi connectivity index (χ1n) is 10.8. The maximum Gasteiger partial charge on any atom is 0.335 e. The molecule has 0 aromatic heterocycles. The first kappa shape index (κ1) is 21.2. The molecule has 9 nitrogen and oxygen atoms in total. The topological polar surface area (TPSA) is 138 Å². The van der Waals surface area contributed by atoms with Crippen LogP contribution in [0.5, 0.6) is 0 Å². The van der Waals surface area contributed by atoms with E-state index < -0.39 is 29.6 Å². The van der Waals surface area contributed by atoms with Crippen molar-refractivity contribution in [2.75, 3.05) is 15.5 Å². The Morgan fingerprint density at radius 1 is 0.556 bits per heavy atom. The second kappa shape index (κ2) is 7.34. The standard InChI is InChI=1S/C27H15N3O6/c28-14-3-7-16(8-4-14)30-25(33)19-11-9-17-21-18(10-12-20(22(19)21)26(30)34)24(32)29(23(17)31)15-5-1-13(2-6-15)27(35)36/h1-12H,28H2,(H,35,36). The summed E-state index contributed by atoms with van der Waals surface area (Å²) in [6, 6.07) is 17.6. The molecule has 0 saturated carbocycles. The number of rotatable bonds is 3. The molecular formula is C27H15N3O6. The smallest absolute Gasteiger partial charge is 0.335 e. The molecule has 2 heterocycles. The Hall–Kier alpha value is -5.31. The van der Waals surface area contributed by atoms with Gasteiger partial charge in [0.25, 0.3) is 23.6 Å². The third kappa shape index (κ3) is 2.80. The lowest BCUT2D eigenvalue weighted by Gasteiger charge is -2.32. The summed E-state index contributed by atoms with van der Waals surface area (Å²) in [5.74, 6) is -3.56. The summed E-state index contributed by atoms with van der Waals surface area (Å²) in [5.41, 5.74) is 7.50. The molecule has 0 fully saturated rings. The van der Waals surface area contributed by atoms with E-state index in [0.29, 0.717) is 11.4 Å². The van der Waals surface area contributed by atoms with Crippen LogP contribution in [0.3, 0.4) is 0 Å². The zero-order valence-electron chi connectivity index (χ0n) is 18.4. The maximum atomic E-state index is 13.4. The first-order chi connectivity index (χ1) is 17.3. The zero-order chi connectivity index (χ0) is 25.3. The Labute approximate surface area is 203 Å². The highest BCUT2D eigenvalue weighted by Crippen LogP contribution is 2.40. The molecule has 0 radical (unpaired) electrons. The summed E-state index contributed by atoms with van der Waals surface area (Å²) >= 11 is 0. The lowest BCUT2D eigenvalue weighted by atomic mass is 9.85. The molecule has 9 heteroatoms. The van der Waals surface area contributed by atoms with Gasteiger partial charge in [-0.05, 0) is 72.8 Å². The monoisotopic (exact) mass is 477 g/mol. The first-order valence-corrected chi connectivity index (χ1v) is 10.8. The third-order valence-electron chi connectivity index (χ3n) is 6.42. The summed E-state index contributed by atoms with van der Waals surface area (Å²) in [5, 5.41) is 9.64. The predicted octanol–water partition coefficient (Wildman–Crippen LogP) is 3.72. The van der Waals surface area contributed by atoms with Gasteiger partial charge >= 0.3 is 5.97 Å². The highest BCUT2D eigenvalue weighted by molar-refractivity contribution is 6.42. The minimum Gasteiger partial charge on any atom is -0.478 e. The van der Waals surface area contributed by atoms with Crippen LogP contribution in [0.25, 0.3) is 10.8 Å². The van der Waals surface area contributed by atoms with Crippen molar-refractivity contribution in [3.05, 3.63) is 101 Å². The average Bonchev–Trinajstić information content (AvgIpc) is 2.87. The van der Waals surface area contributed by atoms with Gasteiger partial charge < -0.3 is 10.8 Å². The van der Waals surface area contributed by atoms with Crippen molar-refractivity contribution in [2.24, 2.45) is 0 Å². The van der Waals surface area contributed by atoms with Crippen LogP contribution >= 0.6 is 0 Å². The van der Waals surface area contributed by atoms with Gasteiger partial charge in [0, 0.05) is 38.7 Å². The summed E-state index contributed by atoms with van der Waals surface area (Å²) in [6.07, 6.45) is 0. The molecule has 0 unspecified atom stereocenters. The van der Waals surface area contributed by atoms with Crippen LogP contribution in [0.15, 0.2) is 72.8 Å². The largest absolute Gasteiger partial charge is 0.478 e. The van der Waals surface area contributed by atoms with Crippen LogP contribution in [-0.4, -0.2) is 34.7 Å². The minimum absolute atomic E-state index is 0.0114. The van der Waals surface area contributed by atoms with Gasteiger partial charge in [-0.2, -0.15) is 0 Å². The Balaban J connectivity index is 1.51. The van der Waals surface area contributed by atoms with E-state index in [2.05, 4.69) is 0 Å². The molecule has 0 saturated heterocycles. The van der Waals surface area contributed by atoms with Crippen molar-refractivity contribution in [3.8, 4) is 0 Å². The number of imide groups is 2. The fourth-order valence-electron chi connectivity index (χ4n) is 4.72. The number of carbonyl (C=O) groups excluding carboxylic acids is 4. The Morgan fingerprint density at radius 3 is 1.22 bits per heavy atom. The molecule has 0 bridgehead atoms. The van der Waals surface area contributed by atoms with E-state index in [1.807, 2.05) is 0 Å². The van der Waals surface area contributed by atoms with Crippen molar-refractivity contribution < 1.29 is 29.1 Å². The summed E-state index contributed by atoms with van der Waals surface area (Å²) in [4.78, 5) is 66.9. The predicted molar refractivity (Wildman–Crippen MR) is 130 cm³/mol. The van der Waals surface area contributed by atoms with E-state index >= 15 is 0 Å². The number of carboxylic acid groups (broad SMARTS) is 1. The Morgan fingerprint density at radius 2 is 0.889 bits per heavy atom. The fraction of sp³-hybridized carbons (Fsp3) is 0. The number of nitrogen functional groups attached to an aromatic ring is 1. The number of carbonyl (C=O) groups is 5. The maximum absolute atomic E-state index is 13.4. The molecule has 3 N–H and O–H groups in total. The van der Waals surface area contributed by atoms with Crippen molar-refractivity contribution in [1.29, 1.82) is 0 Å². The number of anilines is 3.